The number of phenolic OH excluding ortho intramolecular Hbond substituents is 1. The molecular weight excluding hydrogens is 246 g/mol. The van der Waals surface area contributed by atoms with Crippen molar-refractivity contribution in [3.05, 3.63) is 28.8 Å². The molecule has 0 amide bonds. The molecule has 0 fully saturated rings. The lowest BCUT2D eigenvalue weighted by Gasteiger charge is -2.20. The molecule has 2 atom stereocenters. The first-order chi connectivity index (χ1) is 9.40. The highest BCUT2D eigenvalue weighted by molar-refractivity contribution is 5.47. The molecule has 2 unspecified atom stereocenters. The van der Waals surface area contributed by atoms with Crippen LogP contribution in [0.3, 0.4) is 0 Å². The van der Waals surface area contributed by atoms with Gasteiger partial charge in [-0.1, -0.05) is 53.7 Å². The molecule has 2 N–H and O–H groups in total. The van der Waals surface area contributed by atoms with Gasteiger partial charge in [-0.15, -0.1) is 0 Å². The first-order valence-corrected chi connectivity index (χ1v) is 7.99. The monoisotopic (exact) mass is 277 g/mol. The fraction of sp³-hybridized carbons (Fsp3) is 0.667. The summed E-state index contributed by atoms with van der Waals surface area (Å²) in [4.78, 5) is 0. The van der Waals surface area contributed by atoms with E-state index in [-0.39, 0.29) is 0 Å². The van der Waals surface area contributed by atoms with E-state index in [1.807, 2.05) is 0 Å². The maximum Gasteiger partial charge on any atom is 0.122 e. The third-order valence-corrected chi connectivity index (χ3v) is 4.23. The third-order valence-electron chi connectivity index (χ3n) is 4.23. The molecule has 2 heteroatoms. The Morgan fingerprint density at radius 2 is 1.40 bits per heavy atom. The Bertz CT molecular complexity index is 394. The molecule has 0 aliphatic rings. The van der Waals surface area contributed by atoms with Gasteiger partial charge in [0.05, 0.1) is 0 Å². The highest BCUT2D eigenvalue weighted by Crippen LogP contribution is 2.37. The van der Waals surface area contributed by atoms with Gasteiger partial charge in [-0.2, -0.15) is 0 Å². The summed E-state index contributed by atoms with van der Waals surface area (Å²) in [5.74, 6) is 1.32. The fourth-order valence-electron chi connectivity index (χ4n) is 2.36. The van der Waals surface area contributed by atoms with Crippen LogP contribution in [0.15, 0.2) is 12.1 Å². The summed E-state index contributed by atoms with van der Waals surface area (Å²) in [6, 6.07) is 4.82. The van der Waals surface area contributed by atoms with Gasteiger partial charge in [0, 0.05) is 12.6 Å². The maximum absolute atomic E-state index is 10.6. The zero-order valence-electron chi connectivity index (χ0n) is 14.0. The number of aromatic hydroxyl groups is 1. The molecule has 2 nitrogen and oxygen atoms in total. The van der Waals surface area contributed by atoms with Crippen LogP contribution in [-0.2, 0) is 6.54 Å². The summed E-state index contributed by atoms with van der Waals surface area (Å²) in [5.41, 5.74) is 3.49. The minimum absolute atomic E-state index is 0.400. The van der Waals surface area contributed by atoms with Gasteiger partial charge in [-0.05, 0) is 41.4 Å². The van der Waals surface area contributed by atoms with Gasteiger partial charge in [0.1, 0.15) is 5.75 Å². The smallest absolute Gasteiger partial charge is 0.122 e. The lowest BCUT2D eigenvalue weighted by atomic mass is 9.88. The van der Waals surface area contributed by atoms with Crippen molar-refractivity contribution < 1.29 is 5.11 Å². The van der Waals surface area contributed by atoms with E-state index >= 15 is 0 Å². The van der Waals surface area contributed by atoms with Gasteiger partial charge in [-0.3, -0.25) is 0 Å². The molecule has 0 aromatic heterocycles. The summed E-state index contributed by atoms with van der Waals surface area (Å²) >= 11 is 0. The summed E-state index contributed by atoms with van der Waals surface area (Å²) < 4.78 is 0. The van der Waals surface area contributed by atoms with E-state index in [1.165, 1.54) is 5.56 Å². The number of hydrogen-bond donors (Lipinski definition) is 2. The molecular formula is C18H31NO. The third kappa shape index (κ3) is 4.24. The number of phenols is 1. The predicted molar refractivity (Wildman–Crippen MR) is 87.5 cm³/mol. The second-order valence-corrected chi connectivity index (χ2v) is 6.28. The highest BCUT2D eigenvalue weighted by Gasteiger charge is 2.17. The first-order valence-electron chi connectivity index (χ1n) is 7.99. The van der Waals surface area contributed by atoms with Gasteiger partial charge < -0.3 is 10.4 Å². The molecule has 0 spiro atoms. The van der Waals surface area contributed by atoms with Crippen molar-refractivity contribution in [2.45, 2.75) is 78.8 Å². The minimum atomic E-state index is 0.400. The normalized spacial score (nSPS) is 14.6. The van der Waals surface area contributed by atoms with Crippen molar-refractivity contribution in [3.63, 3.8) is 0 Å². The Hall–Kier alpha value is -1.02. The molecule has 1 rings (SSSR count). The SMILES string of the molecule is CCC(C)c1cc(CNC(C)C)cc(C(C)CC)c1O. The van der Waals surface area contributed by atoms with Crippen LogP contribution in [0.5, 0.6) is 5.75 Å². The summed E-state index contributed by atoms with van der Waals surface area (Å²) in [6.07, 6.45) is 2.10. The average molecular weight is 277 g/mol. The maximum atomic E-state index is 10.6. The summed E-state index contributed by atoms with van der Waals surface area (Å²) in [6.45, 7) is 13.9. The van der Waals surface area contributed by atoms with E-state index in [1.54, 1.807) is 0 Å². The predicted octanol–water partition coefficient (Wildman–Crippen LogP) is 4.92. The molecule has 0 heterocycles. The van der Waals surface area contributed by atoms with Crippen LogP contribution in [0, 0.1) is 0 Å². The van der Waals surface area contributed by atoms with E-state index in [0.717, 1.165) is 30.5 Å². The Balaban J connectivity index is 3.19. The number of benzene rings is 1. The lowest BCUT2D eigenvalue weighted by Crippen LogP contribution is -2.22. The second kappa shape index (κ2) is 7.68. The molecule has 1 aromatic carbocycles. The number of hydrogen-bond acceptors (Lipinski definition) is 2. The van der Waals surface area contributed by atoms with Gasteiger partial charge in [0.25, 0.3) is 0 Å². The average Bonchev–Trinajstić information content (AvgIpc) is 2.44. The molecule has 0 radical (unpaired) electrons. The second-order valence-electron chi connectivity index (χ2n) is 6.28. The van der Waals surface area contributed by atoms with Gasteiger partial charge in [0.2, 0.25) is 0 Å². The zero-order chi connectivity index (χ0) is 15.3. The topological polar surface area (TPSA) is 32.3 Å². The Morgan fingerprint density at radius 1 is 0.950 bits per heavy atom. The van der Waals surface area contributed by atoms with Gasteiger partial charge in [0.15, 0.2) is 0 Å². The van der Waals surface area contributed by atoms with Crippen LogP contribution >= 0.6 is 0 Å². The van der Waals surface area contributed by atoms with E-state index < -0.39 is 0 Å². The molecule has 1 aromatic rings. The number of rotatable bonds is 7. The van der Waals surface area contributed by atoms with Crippen molar-refractivity contribution in [1.82, 2.24) is 5.32 Å². The lowest BCUT2D eigenvalue weighted by molar-refractivity contribution is 0.448. The molecule has 0 saturated carbocycles. The van der Waals surface area contributed by atoms with Crippen LogP contribution in [-0.4, -0.2) is 11.1 Å². The van der Waals surface area contributed by atoms with Crippen molar-refractivity contribution in [3.8, 4) is 5.75 Å². The molecule has 0 aliphatic heterocycles. The standard InChI is InChI=1S/C18H31NO/c1-7-13(5)16-9-15(11-19-12(3)4)10-17(18(16)20)14(6)8-2/h9-10,12-14,19-20H,7-8,11H2,1-6H3. The first kappa shape index (κ1) is 17.0. The summed E-state index contributed by atoms with van der Waals surface area (Å²) in [5, 5.41) is 14.0. The molecule has 0 aliphatic carbocycles. The Morgan fingerprint density at radius 3 is 1.75 bits per heavy atom. The van der Waals surface area contributed by atoms with Crippen LogP contribution in [0.25, 0.3) is 0 Å². The zero-order valence-corrected chi connectivity index (χ0v) is 14.0. The Kier molecular flexibility index (Phi) is 6.54. The largest absolute Gasteiger partial charge is 0.507 e. The quantitative estimate of drug-likeness (QED) is 0.741. The molecule has 0 bridgehead atoms. The molecule has 0 saturated heterocycles. The van der Waals surface area contributed by atoms with Crippen LogP contribution < -0.4 is 5.32 Å². The van der Waals surface area contributed by atoms with Gasteiger partial charge >= 0.3 is 0 Å². The number of nitrogens with one attached hydrogen (secondary N) is 1. The molecule has 114 valence electrons. The molecule has 20 heavy (non-hydrogen) atoms. The van der Waals surface area contributed by atoms with E-state index in [0.29, 0.717) is 23.6 Å². The van der Waals surface area contributed by atoms with E-state index in [2.05, 4.69) is 59.0 Å². The van der Waals surface area contributed by atoms with Crippen LogP contribution in [0.1, 0.15) is 82.9 Å². The van der Waals surface area contributed by atoms with Gasteiger partial charge in [-0.25, -0.2) is 0 Å². The van der Waals surface area contributed by atoms with Crippen molar-refractivity contribution >= 4 is 0 Å². The van der Waals surface area contributed by atoms with Crippen LogP contribution in [0.4, 0.5) is 0 Å². The highest BCUT2D eigenvalue weighted by atomic mass is 16.3. The van der Waals surface area contributed by atoms with Crippen molar-refractivity contribution in [2.24, 2.45) is 0 Å². The minimum Gasteiger partial charge on any atom is -0.507 e. The van der Waals surface area contributed by atoms with E-state index in [4.69, 9.17) is 0 Å². The van der Waals surface area contributed by atoms with Crippen molar-refractivity contribution in [2.75, 3.05) is 0 Å². The Labute approximate surface area is 124 Å². The van der Waals surface area contributed by atoms with Crippen molar-refractivity contribution in [1.29, 1.82) is 0 Å². The van der Waals surface area contributed by atoms with E-state index in [9.17, 15) is 5.11 Å². The fourth-order valence-corrected chi connectivity index (χ4v) is 2.36. The summed E-state index contributed by atoms with van der Waals surface area (Å²) in [7, 11) is 0. The van der Waals surface area contributed by atoms with Crippen LogP contribution in [0.2, 0.25) is 0 Å².